The average Bonchev–Trinajstić information content (AvgIpc) is 2.81. The van der Waals surface area contributed by atoms with Crippen LogP contribution < -0.4 is 10.6 Å². The molecular formula is C15H19N3O2. The van der Waals surface area contributed by atoms with Gasteiger partial charge in [0.15, 0.2) is 0 Å². The maximum absolute atomic E-state index is 12.1. The van der Waals surface area contributed by atoms with Crippen molar-refractivity contribution in [3.63, 3.8) is 0 Å². The van der Waals surface area contributed by atoms with Gasteiger partial charge in [0.1, 0.15) is 17.3 Å². The van der Waals surface area contributed by atoms with Gasteiger partial charge in [0.05, 0.1) is 6.54 Å². The molecule has 106 valence electrons. The molecule has 1 amide bonds. The summed E-state index contributed by atoms with van der Waals surface area (Å²) in [4.78, 5) is 16.4. The van der Waals surface area contributed by atoms with Crippen LogP contribution in [0.4, 0.5) is 5.82 Å². The normalized spacial score (nSPS) is 10.3. The highest BCUT2D eigenvalue weighted by molar-refractivity contribution is 5.94. The Morgan fingerprint density at radius 3 is 2.75 bits per heavy atom. The fourth-order valence-electron chi connectivity index (χ4n) is 1.92. The minimum absolute atomic E-state index is 0.135. The smallest absolute Gasteiger partial charge is 0.251 e. The van der Waals surface area contributed by atoms with Gasteiger partial charge in [0, 0.05) is 17.8 Å². The van der Waals surface area contributed by atoms with E-state index in [1.807, 2.05) is 32.9 Å². The second kappa shape index (κ2) is 6.23. The molecule has 0 unspecified atom stereocenters. The number of aryl methyl sites for hydroxylation is 2. The predicted octanol–water partition coefficient (Wildman–Crippen LogP) is 2.65. The van der Waals surface area contributed by atoms with E-state index in [1.165, 1.54) is 0 Å². The third-order valence-electron chi connectivity index (χ3n) is 2.79. The molecule has 2 N–H and O–H groups in total. The van der Waals surface area contributed by atoms with Crippen molar-refractivity contribution >= 4 is 11.7 Å². The van der Waals surface area contributed by atoms with Crippen LogP contribution in [0.1, 0.15) is 34.5 Å². The molecule has 20 heavy (non-hydrogen) atoms. The molecule has 0 saturated heterocycles. The topological polar surface area (TPSA) is 67.2 Å². The molecule has 2 aromatic rings. The number of nitrogens with zero attached hydrogens (tertiary/aromatic N) is 1. The molecule has 5 heteroatoms. The van der Waals surface area contributed by atoms with Crippen molar-refractivity contribution in [2.24, 2.45) is 0 Å². The number of carbonyl (C=O) groups excluding carboxylic acids is 1. The van der Waals surface area contributed by atoms with Gasteiger partial charge in [-0.25, -0.2) is 4.98 Å². The van der Waals surface area contributed by atoms with Gasteiger partial charge in [-0.3, -0.25) is 4.79 Å². The van der Waals surface area contributed by atoms with E-state index in [0.717, 1.165) is 23.8 Å². The summed E-state index contributed by atoms with van der Waals surface area (Å²) >= 11 is 0. The summed E-state index contributed by atoms with van der Waals surface area (Å²) in [5.41, 5.74) is 1.40. The summed E-state index contributed by atoms with van der Waals surface area (Å²) < 4.78 is 5.42. The lowest BCUT2D eigenvalue weighted by Gasteiger charge is -2.08. The van der Waals surface area contributed by atoms with Crippen LogP contribution in [-0.4, -0.2) is 17.4 Å². The summed E-state index contributed by atoms with van der Waals surface area (Å²) in [5, 5.41) is 5.95. The lowest BCUT2D eigenvalue weighted by molar-refractivity contribution is 0.0947. The van der Waals surface area contributed by atoms with Crippen molar-refractivity contribution in [2.45, 2.75) is 27.3 Å². The van der Waals surface area contributed by atoms with E-state index in [2.05, 4.69) is 15.6 Å². The molecule has 0 aliphatic heterocycles. The third kappa shape index (κ3) is 3.60. The fourth-order valence-corrected chi connectivity index (χ4v) is 1.92. The Hall–Kier alpha value is -2.30. The molecule has 0 aliphatic carbocycles. The van der Waals surface area contributed by atoms with Crippen molar-refractivity contribution in [1.82, 2.24) is 10.3 Å². The van der Waals surface area contributed by atoms with Gasteiger partial charge in [-0.15, -0.1) is 0 Å². The predicted molar refractivity (Wildman–Crippen MR) is 77.8 cm³/mol. The van der Waals surface area contributed by atoms with Crippen LogP contribution in [-0.2, 0) is 6.54 Å². The number of furan rings is 1. The molecule has 0 spiro atoms. The zero-order chi connectivity index (χ0) is 14.5. The Labute approximate surface area is 118 Å². The quantitative estimate of drug-likeness (QED) is 0.879. The molecule has 2 heterocycles. The van der Waals surface area contributed by atoms with Gasteiger partial charge in [-0.2, -0.15) is 0 Å². The molecule has 2 rings (SSSR count). The number of hydrogen-bond donors (Lipinski definition) is 2. The van der Waals surface area contributed by atoms with Crippen LogP contribution >= 0.6 is 0 Å². The molecule has 2 aromatic heterocycles. The average molecular weight is 273 g/mol. The van der Waals surface area contributed by atoms with Crippen LogP contribution in [0.5, 0.6) is 0 Å². The number of rotatable bonds is 5. The Bertz CT molecular complexity index is 605. The Kier molecular flexibility index (Phi) is 4.40. The van der Waals surface area contributed by atoms with Gasteiger partial charge in [-0.1, -0.05) is 0 Å². The SMILES string of the molecule is CCNc1cc(C(=O)NCc2ccc(C)o2)cc(C)n1. The standard InChI is InChI=1S/C15H19N3O2/c1-4-16-14-8-12(7-10(2)18-14)15(19)17-9-13-6-5-11(3)20-13/h5-8H,4,9H2,1-3H3,(H,16,18)(H,17,19). The van der Waals surface area contributed by atoms with E-state index < -0.39 is 0 Å². The third-order valence-corrected chi connectivity index (χ3v) is 2.79. The van der Waals surface area contributed by atoms with E-state index in [1.54, 1.807) is 12.1 Å². The Balaban J connectivity index is 2.04. The molecule has 0 aromatic carbocycles. The summed E-state index contributed by atoms with van der Waals surface area (Å²) in [5.74, 6) is 2.16. The minimum Gasteiger partial charge on any atom is -0.465 e. The van der Waals surface area contributed by atoms with Gasteiger partial charge >= 0.3 is 0 Å². The zero-order valence-corrected chi connectivity index (χ0v) is 12.0. The van der Waals surface area contributed by atoms with Crippen LogP contribution in [0.2, 0.25) is 0 Å². The Morgan fingerprint density at radius 1 is 1.30 bits per heavy atom. The van der Waals surface area contributed by atoms with Gasteiger partial charge in [0.25, 0.3) is 5.91 Å². The van der Waals surface area contributed by atoms with Crippen molar-refractivity contribution in [1.29, 1.82) is 0 Å². The fraction of sp³-hybridized carbons (Fsp3) is 0.333. The second-order valence-corrected chi connectivity index (χ2v) is 4.61. The van der Waals surface area contributed by atoms with Crippen molar-refractivity contribution in [3.8, 4) is 0 Å². The van der Waals surface area contributed by atoms with Crippen LogP contribution in [0.15, 0.2) is 28.7 Å². The molecule has 0 aliphatic rings. The first kappa shape index (κ1) is 14.1. The minimum atomic E-state index is -0.135. The number of carbonyl (C=O) groups is 1. The highest BCUT2D eigenvalue weighted by Crippen LogP contribution is 2.11. The number of anilines is 1. The summed E-state index contributed by atoms with van der Waals surface area (Å²) in [7, 11) is 0. The van der Waals surface area contributed by atoms with Gasteiger partial charge in [0.2, 0.25) is 0 Å². The maximum Gasteiger partial charge on any atom is 0.251 e. The number of nitrogens with one attached hydrogen (secondary N) is 2. The number of pyridine rings is 1. The maximum atomic E-state index is 12.1. The molecule has 5 nitrogen and oxygen atoms in total. The van der Waals surface area contributed by atoms with E-state index in [4.69, 9.17) is 4.42 Å². The lowest BCUT2D eigenvalue weighted by Crippen LogP contribution is -2.23. The van der Waals surface area contributed by atoms with E-state index in [9.17, 15) is 4.79 Å². The van der Waals surface area contributed by atoms with Crippen LogP contribution in [0.3, 0.4) is 0 Å². The van der Waals surface area contributed by atoms with Gasteiger partial charge in [-0.05, 0) is 45.0 Å². The van der Waals surface area contributed by atoms with Crippen LogP contribution in [0.25, 0.3) is 0 Å². The summed E-state index contributed by atoms with van der Waals surface area (Å²) in [6, 6.07) is 7.25. The van der Waals surface area contributed by atoms with E-state index in [-0.39, 0.29) is 5.91 Å². The van der Waals surface area contributed by atoms with Crippen molar-refractivity contribution in [2.75, 3.05) is 11.9 Å². The van der Waals surface area contributed by atoms with Crippen molar-refractivity contribution in [3.05, 3.63) is 47.0 Å². The number of amides is 1. The first-order valence-corrected chi connectivity index (χ1v) is 6.64. The first-order chi connectivity index (χ1) is 9.58. The highest BCUT2D eigenvalue weighted by atomic mass is 16.3. The lowest BCUT2D eigenvalue weighted by atomic mass is 10.2. The van der Waals surface area contributed by atoms with Crippen molar-refractivity contribution < 1.29 is 9.21 Å². The molecule has 0 radical (unpaired) electrons. The molecule has 0 bridgehead atoms. The van der Waals surface area contributed by atoms with Crippen LogP contribution in [0, 0.1) is 13.8 Å². The monoisotopic (exact) mass is 273 g/mol. The van der Waals surface area contributed by atoms with Gasteiger partial charge < -0.3 is 15.1 Å². The first-order valence-electron chi connectivity index (χ1n) is 6.64. The molecule has 0 saturated carbocycles. The summed E-state index contributed by atoms with van der Waals surface area (Å²) in [6.45, 7) is 6.88. The number of hydrogen-bond acceptors (Lipinski definition) is 4. The van der Waals surface area contributed by atoms with E-state index >= 15 is 0 Å². The zero-order valence-electron chi connectivity index (χ0n) is 12.0. The number of aromatic nitrogens is 1. The Morgan fingerprint density at radius 2 is 2.10 bits per heavy atom. The molecule has 0 atom stereocenters. The highest BCUT2D eigenvalue weighted by Gasteiger charge is 2.09. The molecular weight excluding hydrogens is 254 g/mol. The van der Waals surface area contributed by atoms with E-state index in [0.29, 0.717) is 17.9 Å². The largest absolute Gasteiger partial charge is 0.465 e. The second-order valence-electron chi connectivity index (χ2n) is 4.61. The molecule has 0 fully saturated rings. The summed E-state index contributed by atoms with van der Waals surface area (Å²) in [6.07, 6.45) is 0.